The van der Waals surface area contributed by atoms with Crippen molar-refractivity contribution < 1.29 is 4.79 Å². The zero-order valence-electron chi connectivity index (χ0n) is 12.6. The number of benzene rings is 1. The van der Waals surface area contributed by atoms with E-state index in [2.05, 4.69) is 29.4 Å². The molecule has 116 valence electrons. The highest BCUT2D eigenvalue weighted by Gasteiger charge is 2.17. The highest BCUT2D eigenvalue weighted by molar-refractivity contribution is 8.00. The Hall–Kier alpha value is -1.52. The van der Waals surface area contributed by atoms with Crippen LogP contribution in [0.3, 0.4) is 0 Å². The zero-order valence-corrected chi connectivity index (χ0v) is 14.2. The second kappa shape index (κ2) is 8.20. The van der Waals surface area contributed by atoms with E-state index in [0.717, 1.165) is 0 Å². The van der Waals surface area contributed by atoms with Crippen LogP contribution in [0.4, 0.5) is 0 Å². The van der Waals surface area contributed by atoms with Gasteiger partial charge in [0.1, 0.15) is 5.03 Å². The Morgan fingerprint density at radius 3 is 2.64 bits per heavy atom. The van der Waals surface area contributed by atoms with E-state index in [9.17, 15) is 4.79 Å². The molecule has 1 aromatic heterocycles. The van der Waals surface area contributed by atoms with Crippen molar-refractivity contribution in [2.45, 2.75) is 30.0 Å². The molecular formula is C17H19ClN2OS. The Kier molecular flexibility index (Phi) is 6.28. The fraction of sp³-hybridized carbons (Fsp3) is 0.294. The Morgan fingerprint density at radius 1 is 1.23 bits per heavy atom. The van der Waals surface area contributed by atoms with Crippen LogP contribution in [0.25, 0.3) is 0 Å². The molecule has 3 nitrogen and oxygen atoms in total. The van der Waals surface area contributed by atoms with Gasteiger partial charge in [-0.1, -0.05) is 60.6 Å². The fourth-order valence-electron chi connectivity index (χ4n) is 1.98. The maximum atomic E-state index is 12.2. The maximum Gasteiger partial charge on any atom is 0.233 e. The lowest BCUT2D eigenvalue weighted by molar-refractivity contribution is -0.120. The number of nitrogens with one attached hydrogen (secondary N) is 1. The maximum absolute atomic E-state index is 12.2. The second-order valence-electron chi connectivity index (χ2n) is 5.11. The second-order valence-corrected chi connectivity index (χ2v) is 6.84. The number of carbonyl (C=O) groups is 1. The number of hydrogen-bond acceptors (Lipinski definition) is 3. The molecule has 0 aliphatic rings. The van der Waals surface area contributed by atoms with Gasteiger partial charge >= 0.3 is 0 Å². The average Bonchev–Trinajstić information content (AvgIpc) is 2.55. The monoisotopic (exact) mass is 334 g/mol. The van der Waals surface area contributed by atoms with Crippen LogP contribution < -0.4 is 5.32 Å². The molecule has 22 heavy (non-hydrogen) atoms. The predicted molar refractivity (Wildman–Crippen MR) is 92.4 cm³/mol. The lowest BCUT2D eigenvalue weighted by Crippen LogP contribution is -2.33. The summed E-state index contributed by atoms with van der Waals surface area (Å²) in [6.45, 7) is 4.57. The summed E-state index contributed by atoms with van der Waals surface area (Å²) in [4.78, 5) is 16.4. The molecule has 0 saturated carbocycles. The minimum Gasteiger partial charge on any atom is -0.355 e. The summed E-state index contributed by atoms with van der Waals surface area (Å²) in [7, 11) is 0. The average molecular weight is 335 g/mol. The molecular weight excluding hydrogens is 316 g/mol. The summed E-state index contributed by atoms with van der Waals surface area (Å²) >= 11 is 7.44. The van der Waals surface area contributed by atoms with Crippen molar-refractivity contribution in [2.75, 3.05) is 6.54 Å². The Labute approximate surface area is 140 Å². The summed E-state index contributed by atoms with van der Waals surface area (Å²) in [6, 6.07) is 13.7. The number of hydrogen-bond donors (Lipinski definition) is 1. The van der Waals surface area contributed by atoms with Crippen LogP contribution >= 0.6 is 23.4 Å². The van der Waals surface area contributed by atoms with Crippen LogP contribution in [-0.4, -0.2) is 22.7 Å². The fourth-order valence-corrected chi connectivity index (χ4v) is 3.06. The van der Waals surface area contributed by atoms with Crippen molar-refractivity contribution >= 4 is 29.3 Å². The molecule has 0 aliphatic heterocycles. The zero-order chi connectivity index (χ0) is 15.9. The normalized spacial score (nSPS) is 13.4. The third-order valence-electron chi connectivity index (χ3n) is 3.33. The molecule has 0 radical (unpaired) electrons. The number of rotatable bonds is 6. The predicted octanol–water partition coefficient (Wildman–Crippen LogP) is 4.14. The van der Waals surface area contributed by atoms with Crippen LogP contribution in [0, 0.1) is 0 Å². The van der Waals surface area contributed by atoms with Crippen molar-refractivity contribution in [2.24, 2.45) is 0 Å². The molecule has 0 saturated heterocycles. The number of halogens is 1. The van der Waals surface area contributed by atoms with Crippen molar-refractivity contribution in [3.63, 3.8) is 0 Å². The lowest BCUT2D eigenvalue weighted by Gasteiger charge is -2.16. The van der Waals surface area contributed by atoms with Crippen LogP contribution in [-0.2, 0) is 4.79 Å². The molecule has 0 fully saturated rings. The molecule has 2 rings (SSSR count). The van der Waals surface area contributed by atoms with E-state index < -0.39 is 0 Å². The molecule has 1 amide bonds. The van der Waals surface area contributed by atoms with Crippen LogP contribution in [0.15, 0.2) is 53.7 Å². The topological polar surface area (TPSA) is 42.0 Å². The first-order valence-corrected chi connectivity index (χ1v) is 8.43. The summed E-state index contributed by atoms with van der Waals surface area (Å²) < 4.78 is 0. The molecule has 0 aliphatic carbocycles. The molecule has 1 N–H and O–H groups in total. The van der Waals surface area contributed by atoms with Gasteiger partial charge < -0.3 is 5.32 Å². The van der Waals surface area contributed by atoms with Gasteiger partial charge in [-0.3, -0.25) is 4.79 Å². The number of aromatic nitrogens is 1. The van der Waals surface area contributed by atoms with E-state index in [1.54, 1.807) is 18.3 Å². The first-order chi connectivity index (χ1) is 10.6. The number of nitrogens with zero attached hydrogens (tertiary/aromatic N) is 1. The molecule has 5 heteroatoms. The van der Waals surface area contributed by atoms with Gasteiger partial charge in [0.2, 0.25) is 5.91 Å². The largest absolute Gasteiger partial charge is 0.355 e. The van der Waals surface area contributed by atoms with Gasteiger partial charge in [0, 0.05) is 12.7 Å². The van der Waals surface area contributed by atoms with Crippen molar-refractivity contribution in [3.05, 3.63) is 59.2 Å². The van der Waals surface area contributed by atoms with Gasteiger partial charge in [-0.15, -0.1) is 0 Å². The number of pyridine rings is 1. The third kappa shape index (κ3) is 4.75. The third-order valence-corrected chi connectivity index (χ3v) is 4.87. The van der Waals surface area contributed by atoms with Gasteiger partial charge in [-0.05, 0) is 30.5 Å². The molecule has 2 unspecified atom stereocenters. The quantitative estimate of drug-likeness (QED) is 0.807. The van der Waals surface area contributed by atoms with Crippen molar-refractivity contribution in [1.82, 2.24) is 10.3 Å². The van der Waals surface area contributed by atoms with E-state index in [-0.39, 0.29) is 17.1 Å². The highest BCUT2D eigenvalue weighted by Crippen LogP contribution is 2.27. The standard InChI is InChI=1S/C17H19ClN2OS/c1-12(14-7-4-3-5-8-14)11-20-16(21)13(2)22-17-15(18)9-6-10-19-17/h3-10,12-13H,11H2,1-2H3,(H,20,21). The van der Waals surface area contributed by atoms with Crippen LogP contribution in [0.1, 0.15) is 25.3 Å². The lowest BCUT2D eigenvalue weighted by atomic mass is 10.0. The molecule has 1 heterocycles. The Bertz CT molecular complexity index is 621. The number of thioether (sulfide) groups is 1. The summed E-state index contributed by atoms with van der Waals surface area (Å²) in [5.74, 6) is 0.273. The molecule has 0 spiro atoms. The minimum atomic E-state index is -0.240. The van der Waals surface area contributed by atoms with E-state index in [4.69, 9.17) is 11.6 Å². The van der Waals surface area contributed by atoms with Gasteiger partial charge in [0.25, 0.3) is 0 Å². The van der Waals surface area contributed by atoms with E-state index in [1.807, 2.05) is 25.1 Å². The van der Waals surface area contributed by atoms with Crippen LogP contribution in [0.2, 0.25) is 5.02 Å². The first-order valence-electron chi connectivity index (χ1n) is 7.17. The summed E-state index contributed by atoms with van der Waals surface area (Å²) in [5.41, 5.74) is 1.22. The molecule has 2 aromatic rings. The van der Waals surface area contributed by atoms with Gasteiger partial charge in [0.05, 0.1) is 10.3 Å². The molecule has 2 atom stereocenters. The van der Waals surface area contributed by atoms with E-state index >= 15 is 0 Å². The highest BCUT2D eigenvalue weighted by atomic mass is 35.5. The van der Waals surface area contributed by atoms with Gasteiger partial charge in [0.15, 0.2) is 0 Å². The number of carbonyl (C=O) groups excluding carboxylic acids is 1. The van der Waals surface area contributed by atoms with Crippen molar-refractivity contribution in [1.29, 1.82) is 0 Å². The number of amides is 1. The molecule has 0 bridgehead atoms. The van der Waals surface area contributed by atoms with E-state index in [0.29, 0.717) is 16.6 Å². The summed E-state index contributed by atoms with van der Waals surface area (Å²) in [5, 5.41) is 4.01. The molecule has 1 aromatic carbocycles. The first kappa shape index (κ1) is 16.8. The van der Waals surface area contributed by atoms with Crippen molar-refractivity contribution in [3.8, 4) is 0 Å². The van der Waals surface area contributed by atoms with Gasteiger partial charge in [-0.2, -0.15) is 0 Å². The van der Waals surface area contributed by atoms with Gasteiger partial charge in [-0.25, -0.2) is 4.98 Å². The minimum absolute atomic E-state index is 0.00509. The van der Waals surface area contributed by atoms with Crippen LogP contribution in [0.5, 0.6) is 0 Å². The summed E-state index contributed by atoms with van der Waals surface area (Å²) in [6.07, 6.45) is 1.68. The van der Waals surface area contributed by atoms with E-state index in [1.165, 1.54) is 17.3 Å². The SMILES string of the molecule is CC(Sc1ncccc1Cl)C(=O)NCC(C)c1ccccc1. The Balaban J connectivity index is 1.85. The smallest absolute Gasteiger partial charge is 0.233 e. The Morgan fingerprint density at radius 2 is 1.95 bits per heavy atom.